The summed E-state index contributed by atoms with van der Waals surface area (Å²) in [5, 5.41) is 0. The summed E-state index contributed by atoms with van der Waals surface area (Å²) in [5.41, 5.74) is 1.02. The highest BCUT2D eigenvalue weighted by Crippen LogP contribution is 1.81. The van der Waals surface area contributed by atoms with Crippen molar-refractivity contribution < 1.29 is 0 Å². The van der Waals surface area contributed by atoms with E-state index in [0.29, 0.717) is 0 Å². The third-order valence-electron chi connectivity index (χ3n) is 0.515. The van der Waals surface area contributed by atoms with Gasteiger partial charge >= 0.3 is 0 Å². The minimum absolute atomic E-state index is 1.02. The smallest absolute Gasteiger partial charge is 0.0404 e. The molecule has 0 saturated heterocycles. The van der Waals surface area contributed by atoms with Crippen molar-refractivity contribution in [2.24, 2.45) is 0 Å². The average Bonchev–Trinajstić information content (AvgIpc) is 2.08. The standard InChI is InChI=1S/C5H8.C4H6.C2H6/c1-4-5(2)3;1-3-4-2;1-2/h4H,1-2H2,3H3;3-4H,1-2H2;1-2H3. The van der Waals surface area contributed by atoms with Gasteiger partial charge in [-0.3, -0.25) is 0 Å². The lowest BCUT2D eigenvalue weighted by Crippen LogP contribution is -1.50. The maximum atomic E-state index is 3.56. The van der Waals surface area contributed by atoms with Crippen LogP contribution in [0.5, 0.6) is 0 Å². The van der Waals surface area contributed by atoms with E-state index < -0.39 is 0 Å². The molecule has 0 radical (unpaired) electrons. The van der Waals surface area contributed by atoms with Crippen LogP contribution in [0.25, 0.3) is 0 Å². The summed E-state index contributed by atoms with van der Waals surface area (Å²) < 4.78 is 0. The molecule has 0 saturated carbocycles. The zero-order valence-corrected chi connectivity index (χ0v) is 8.06. The molecule has 0 amide bonds. The second-order valence-electron chi connectivity index (χ2n) is 1.52. The van der Waals surface area contributed by atoms with Crippen molar-refractivity contribution in [3.8, 4) is 0 Å². The van der Waals surface area contributed by atoms with Crippen LogP contribution in [0, 0.1) is 0 Å². The third-order valence-corrected chi connectivity index (χ3v) is 0.515. The van der Waals surface area contributed by atoms with E-state index in [1.807, 2.05) is 20.8 Å². The molecular weight excluding hydrogens is 132 g/mol. The van der Waals surface area contributed by atoms with Crippen molar-refractivity contribution in [3.05, 3.63) is 50.1 Å². The summed E-state index contributed by atoms with van der Waals surface area (Å²) in [5.74, 6) is 0. The molecule has 0 heterocycles. The van der Waals surface area contributed by atoms with Crippen LogP contribution in [0.4, 0.5) is 0 Å². The quantitative estimate of drug-likeness (QED) is 0.522. The first kappa shape index (κ1) is 16.5. The van der Waals surface area contributed by atoms with Crippen molar-refractivity contribution in [2.45, 2.75) is 20.8 Å². The van der Waals surface area contributed by atoms with E-state index in [2.05, 4.69) is 26.3 Å². The van der Waals surface area contributed by atoms with Gasteiger partial charge in [0.1, 0.15) is 0 Å². The lowest BCUT2D eigenvalue weighted by molar-refractivity contribution is 1.50. The van der Waals surface area contributed by atoms with E-state index >= 15 is 0 Å². The first-order valence-electron chi connectivity index (χ1n) is 3.70. The van der Waals surface area contributed by atoms with E-state index in [1.165, 1.54) is 0 Å². The monoisotopic (exact) mass is 152 g/mol. The summed E-state index contributed by atoms with van der Waals surface area (Å²) >= 11 is 0. The molecule has 0 fully saturated rings. The van der Waals surface area contributed by atoms with Crippen LogP contribution < -0.4 is 0 Å². The highest BCUT2D eigenvalue weighted by Gasteiger charge is 1.59. The van der Waals surface area contributed by atoms with Crippen LogP contribution in [0.15, 0.2) is 50.1 Å². The van der Waals surface area contributed by atoms with Crippen LogP contribution in [-0.4, -0.2) is 0 Å². The summed E-state index contributed by atoms with van der Waals surface area (Å²) in [6, 6.07) is 0. The molecule has 0 aromatic carbocycles. The molecule has 0 aliphatic rings. The van der Waals surface area contributed by atoms with Crippen molar-refractivity contribution in [1.29, 1.82) is 0 Å². The zero-order valence-electron chi connectivity index (χ0n) is 8.06. The molecule has 0 aliphatic heterocycles. The SMILES string of the molecule is C=CC(=C)C.C=CC=C.CC. The fourth-order valence-electron chi connectivity index (χ4n) is 0. The number of rotatable bonds is 2. The molecule has 0 nitrogen and oxygen atoms in total. The fourth-order valence-corrected chi connectivity index (χ4v) is 0. The molecule has 0 aromatic heterocycles. The van der Waals surface area contributed by atoms with E-state index in [9.17, 15) is 0 Å². The molecule has 0 spiro atoms. The Bertz CT molecular complexity index is 101. The first-order chi connectivity index (χ1) is 5.18. The molecule has 0 heteroatoms. The van der Waals surface area contributed by atoms with Crippen LogP contribution in [0.3, 0.4) is 0 Å². The highest BCUT2D eigenvalue weighted by molar-refractivity contribution is 5.05. The predicted molar refractivity (Wildman–Crippen MR) is 56.8 cm³/mol. The van der Waals surface area contributed by atoms with E-state index in [-0.39, 0.29) is 0 Å². The van der Waals surface area contributed by atoms with Gasteiger partial charge in [-0.1, -0.05) is 64.0 Å². The van der Waals surface area contributed by atoms with Gasteiger partial charge in [0, 0.05) is 0 Å². The first-order valence-corrected chi connectivity index (χ1v) is 3.70. The Hall–Kier alpha value is -1.04. The normalized spacial score (nSPS) is 5.36. The van der Waals surface area contributed by atoms with Gasteiger partial charge in [0.05, 0.1) is 0 Å². The minimum Gasteiger partial charge on any atom is -0.0991 e. The van der Waals surface area contributed by atoms with Crippen LogP contribution in [-0.2, 0) is 0 Å². The highest BCUT2D eigenvalue weighted by atomic mass is 13.7. The molecule has 0 rings (SSSR count). The van der Waals surface area contributed by atoms with Gasteiger partial charge in [-0.25, -0.2) is 0 Å². The van der Waals surface area contributed by atoms with E-state index in [4.69, 9.17) is 0 Å². The third kappa shape index (κ3) is 113. The second kappa shape index (κ2) is 23.1. The predicted octanol–water partition coefficient (Wildman–Crippen LogP) is 4.13. The van der Waals surface area contributed by atoms with Crippen molar-refractivity contribution in [3.63, 3.8) is 0 Å². The topological polar surface area (TPSA) is 0 Å². The Labute approximate surface area is 71.6 Å². The molecule has 0 N–H and O–H groups in total. The summed E-state index contributed by atoms with van der Waals surface area (Å²) in [4.78, 5) is 0. The van der Waals surface area contributed by atoms with E-state index in [1.54, 1.807) is 18.2 Å². The van der Waals surface area contributed by atoms with Gasteiger partial charge in [0.25, 0.3) is 0 Å². The fraction of sp³-hybridized carbons (Fsp3) is 0.273. The molecule has 0 atom stereocenters. The van der Waals surface area contributed by atoms with Gasteiger partial charge in [0.15, 0.2) is 0 Å². The second-order valence-corrected chi connectivity index (χ2v) is 1.52. The summed E-state index contributed by atoms with van der Waals surface area (Å²) in [6.07, 6.45) is 5.00. The van der Waals surface area contributed by atoms with Gasteiger partial charge in [-0.2, -0.15) is 0 Å². The van der Waals surface area contributed by atoms with Crippen molar-refractivity contribution in [2.75, 3.05) is 0 Å². The van der Waals surface area contributed by atoms with Gasteiger partial charge < -0.3 is 0 Å². The van der Waals surface area contributed by atoms with Gasteiger partial charge in [-0.05, 0) is 6.92 Å². The summed E-state index contributed by atoms with van der Waals surface area (Å²) in [7, 11) is 0. The maximum absolute atomic E-state index is 3.56. The maximum Gasteiger partial charge on any atom is -0.0404 e. The lowest BCUT2D eigenvalue weighted by atomic mass is 10.4. The largest absolute Gasteiger partial charge is 0.0991 e. The lowest BCUT2D eigenvalue weighted by Gasteiger charge is -1.71. The minimum atomic E-state index is 1.02. The molecular formula is C11H20. The summed E-state index contributed by atoms with van der Waals surface area (Å²) in [6.45, 7) is 19.6. The number of hydrogen-bond donors (Lipinski definition) is 0. The molecule has 11 heavy (non-hydrogen) atoms. The van der Waals surface area contributed by atoms with Crippen molar-refractivity contribution >= 4 is 0 Å². The van der Waals surface area contributed by atoms with Gasteiger partial charge in [-0.15, -0.1) is 0 Å². The number of hydrogen-bond acceptors (Lipinski definition) is 0. The Balaban J connectivity index is -0.0000000965. The Kier molecular flexibility index (Phi) is 34.6. The molecule has 64 valence electrons. The number of allylic oxidation sites excluding steroid dienone is 4. The molecule has 0 unspecified atom stereocenters. The molecule has 0 aliphatic carbocycles. The Morgan fingerprint density at radius 1 is 1.00 bits per heavy atom. The van der Waals surface area contributed by atoms with Gasteiger partial charge in [0.2, 0.25) is 0 Å². The zero-order chi connectivity index (χ0) is 9.70. The van der Waals surface area contributed by atoms with Crippen LogP contribution >= 0.6 is 0 Å². The molecule has 0 aromatic rings. The Morgan fingerprint density at radius 2 is 1.18 bits per heavy atom. The van der Waals surface area contributed by atoms with Crippen LogP contribution in [0.1, 0.15) is 20.8 Å². The van der Waals surface area contributed by atoms with Crippen LogP contribution in [0.2, 0.25) is 0 Å². The molecule has 0 bridgehead atoms. The Morgan fingerprint density at radius 3 is 1.18 bits per heavy atom. The van der Waals surface area contributed by atoms with E-state index in [0.717, 1.165) is 5.57 Å². The average molecular weight is 152 g/mol. The van der Waals surface area contributed by atoms with Crippen molar-refractivity contribution in [1.82, 2.24) is 0 Å².